The molecule has 0 radical (unpaired) electrons. The normalized spacial score (nSPS) is 12.0. The Bertz CT molecular complexity index is 1610. The molecule has 0 spiro atoms. The Morgan fingerprint density at radius 1 is 0.841 bits per heavy atom. The Hall–Kier alpha value is -4.75. The van der Waals surface area contributed by atoms with Gasteiger partial charge < -0.3 is 23.9 Å². The second kappa shape index (κ2) is 14.6. The first-order chi connectivity index (χ1) is 21.5. The molecule has 0 aliphatic rings. The number of fused-ring (bicyclic) bond motifs is 1. The summed E-state index contributed by atoms with van der Waals surface area (Å²) in [6, 6.07) is 35.2. The maximum atomic E-state index is 11.3. The van der Waals surface area contributed by atoms with E-state index in [-0.39, 0.29) is 18.5 Å². The highest BCUT2D eigenvalue weighted by Crippen LogP contribution is 2.31. The average Bonchev–Trinajstić information content (AvgIpc) is 3.46. The molecule has 0 aliphatic heterocycles. The van der Waals surface area contributed by atoms with Crippen molar-refractivity contribution >= 4 is 16.9 Å². The van der Waals surface area contributed by atoms with Gasteiger partial charge in [0.15, 0.2) is 0 Å². The van der Waals surface area contributed by atoms with Crippen molar-refractivity contribution in [1.29, 1.82) is 0 Å². The lowest BCUT2D eigenvalue weighted by Gasteiger charge is -2.33. The Morgan fingerprint density at radius 3 is 2.18 bits per heavy atom. The Morgan fingerprint density at radius 2 is 1.55 bits per heavy atom. The zero-order chi connectivity index (χ0) is 30.9. The Balaban J connectivity index is 1.39. The zero-order valence-corrected chi connectivity index (χ0v) is 25.6. The average molecular weight is 593 g/mol. The zero-order valence-electron chi connectivity index (χ0n) is 25.6. The van der Waals surface area contributed by atoms with Gasteiger partial charge in [-0.2, -0.15) is 0 Å². The van der Waals surface area contributed by atoms with Crippen molar-refractivity contribution in [2.45, 2.75) is 38.4 Å². The molecule has 1 aromatic heterocycles. The van der Waals surface area contributed by atoms with E-state index >= 15 is 0 Å². The van der Waals surface area contributed by atoms with Crippen molar-refractivity contribution in [3.8, 4) is 17.2 Å². The van der Waals surface area contributed by atoms with Crippen LogP contribution in [0.4, 0.5) is 0 Å². The SMILES string of the molecule is COc1ccc(CN(CC(c2ccccc2)c2ccccc2)C(C)CCOc2cccc3c2ccn3CC(=O)O)c(OC)c1. The molecule has 5 aromatic rings. The van der Waals surface area contributed by atoms with E-state index in [2.05, 4.69) is 78.6 Å². The van der Waals surface area contributed by atoms with Crippen molar-refractivity contribution in [1.82, 2.24) is 9.47 Å². The summed E-state index contributed by atoms with van der Waals surface area (Å²) in [5, 5.41) is 10.2. The van der Waals surface area contributed by atoms with Crippen molar-refractivity contribution in [3.05, 3.63) is 126 Å². The maximum Gasteiger partial charge on any atom is 0.323 e. The Labute approximate surface area is 259 Å². The van der Waals surface area contributed by atoms with Gasteiger partial charge in [-0.1, -0.05) is 72.8 Å². The molecule has 4 aromatic carbocycles. The first kappa shape index (κ1) is 30.7. The van der Waals surface area contributed by atoms with Gasteiger partial charge in [0.2, 0.25) is 0 Å². The second-order valence-electron chi connectivity index (χ2n) is 11.0. The summed E-state index contributed by atoms with van der Waals surface area (Å²) in [7, 11) is 3.36. The molecule has 1 atom stereocenters. The van der Waals surface area contributed by atoms with Crippen LogP contribution in [0.25, 0.3) is 10.9 Å². The van der Waals surface area contributed by atoms with Crippen LogP contribution in [0.3, 0.4) is 0 Å². The van der Waals surface area contributed by atoms with E-state index < -0.39 is 5.97 Å². The molecule has 7 heteroatoms. The molecule has 44 heavy (non-hydrogen) atoms. The van der Waals surface area contributed by atoms with Gasteiger partial charge >= 0.3 is 5.97 Å². The van der Waals surface area contributed by atoms with Crippen LogP contribution in [0.1, 0.15) is 36.0 Å². The summed E-state index contributed by atoms with van der Waals surface area (Å²) in [6.07, 6.45) is 2.59. The van der Waals surface area contributed by atoms with Crippen LogP contribution in [-0.2, 0) is 17.9 Å². The van der Waals surface area contributed by atoms with E-state index in [0.717, 1.165) is 46.7 Å². The summed E-state index contributed by atoms with van der Waals surface area (Å²) in [5.74, 6) is 1.62. The highest BCUT2D eigenvalue weighted by atomic mass is 16.5. The number of benzene rings is 4. The smallest absolute Gasteiger partial charge is 0.323 e. The van der Waals surface area contributed by atoms with Gasteiger partial charge in [-0.25, -0.2) is 0 Å². The summed E-state index contributed by atoms with van der Waals surface area (Å²) in [4.78, 5) is 13.8. The van der Waals surface area contributed by atoms with Gasteiger partial charge in [0.1, 0.15) is 23.8 Å². The molecule has 1 N–H and O–H groups in total. The molecular formula is C37H40N2O5. The minimum absolute atomic E-state index is 0.0856. The number of aromatic nitrogens is 1. The first-order valence-electron chi connectivity index (χ1n) is 14.9. The van der Waals surface area contributed by atoms with Gasteiger partial charge in [-0.05, 0) is 48.7 Å². The van der Waals surface area contributed by atoms with Crippen LogP contribution < -0.4 is 14.2 Å². The molecule has 0 bridgehead atoms. The summed E-state index contributed by atoms with van der Waals surface area (Å²) in [6.45, 7) is 4.17. The van der Waals surface area contributed by atoms with Gasteiger partial charge in [0.05, 0.1) is 26.3 Å². The molecule has 0 saturated carbocycles. The molecule has 7 nitrogen and oxygen atoms in total. The lowest BCUT2D eigenvalue weighted by molar-refractivity contribution is -0.137. The molecule has 0 saturated heterocycles. The molecule has 1 heterocycles. The standard InChI is InChI=1S/C37H40N2O5/c1-27(20-22-44-35-16-10-15-34-32(35)19-21-38(34)26-37(40)41)39(24-30-17-18-31(42-2)23-36(30)43-3)25-33(28-11-6-4-7-12-28)29-13-8-5-9-14-29/h4-19,21,23,27,33H,20,22,24-26H2,1-3H3,(H,40,41). The van der Waals surface area contributed by atoms with E-state index in [1.807, 2.05) is 36.4 Å². The molecule has 0 aliphatic carbocycles. The van der Waals surface area contributed by atoms with Crippen LogP contribution in [0.15, 0.2) is 109 Å². The number of hydrogen-bond acceptors (Lipinski definition) is 5. The number of hydrogen-bond donors (Lipinski definition) is 1. The summed E-state index contributed by atoms with van der Waals surface area (Å²) < 4.78 is 19.3. The van der Waals surface area contributed by atoms with Crippen molar-refractivity contribution in [2.24, 2.45) is 0 Å². The summed E-state index contributed by atoms with van der Waals surface area (Å²) in [5.41, 5.74) is 4.48. The fourth-order valence-corrected chi connectivity index (χ4v) is 5.74. The second-order valence-corrected chi connectivity index (χ2v) is 11.0. The number of carboxylic acids is 1. The van der Waals surface area contributed by atoms with Crippen LogP contribution in [0, 0.1) is 0 Å². The van der Waals surface area contributed by atoms with Crippen LogP contribution in [-0.4, -0.2) is 54.0 Å². The predicted molar refractivity (Wildman–Crippen MR) is 174 cm³/mol. The highest BCUT2D eigenvalue weighted by Gasteiger charge is 2.24. The van der Waals surface area contributed by atoms with Gasteiger partial charge in [0.25, 0.3) is 0 Å². The summed E-state index contributed by atoms with van der Waals surface area (Å²) >= 11 is 0. The van der Waals surface area contributed by atoms with Crippen LogP contribution in [0.5, 0.6) is 17.2 Å². The van der Waals surface area contributed by atoms with Gasteiger partial charge in [0, 0.05) is 48.3 Å². The largest absolute Gasteiger partial charge is 0.497 e. The number of carboxylic acid groups (broad SMARTS) is 1. The topological polar surface area (TPSA) is 73.2 Å². The molecule has 5 rings (SSSR count). The van der Waals surface area contributed by atoms with Gasteiger partial charge in [-0.15, -0.1) is 0 Å². The third-order valence-electron chi connectivity index (χ3n) is 8.18. The minimum Gasteiger partial charge on any atom is -0.497 e. The van der Waals surface area contributed by atoms with Crippen molar-refractivity contribution in [2.75, 3.05) is 27.4 Å². The number of nitrogens with zero attached hydrogens (tertiary/aromatic N) is 2. The van der Waals surface area contributed by atoms with Gasteiger partial charge in [-0.3, -0.25) is 9.69 Å². The number of ether oxygens (including phenoxy) is 3. The lowest BCUT2D eigenvalue weighted by Crippen LogP contribution is -2.37. The third kappa shape index (κ3) is 7.41. The molecule has 0 fully saturated rings. The molecule has 228 valence electrons. The quantitative estimate of drug-likeness (QED) is 0.138. The van der Waals surface area contributed by atoms with Crippen molar-refractivity contribution < 1.29 is 24.1 Å². The van der Waals surface area contributed by atoms with E-state index in [4.69, 9.17) is 14.2 Å². The van der Waals surface area contributed by atoms with Crippen LogP contribution in [0.2, 0.25) is 0 Å². The first-order valence-corrected chi connectivity index (χ1v) is 14.9. The van der Waals surface area contributed by atoms with E-state index in [0.29, 0.717) is 13.2 Å². The van der Waals surface area contributed by atoms with E-state index in [9.17, 15) is 9.90 Å². The monoisotopic (exact) mass is 592 g/mol. The van der Waals surface area contributed by atoms with E-state index in [1.54, 1.807) is 25.0 Å². The van der Waals surface area contributed by atoms with Crippen molar-refractivity contribution in [3.63, 3.8) is 0 Å². The minimum atomic E-state index is -0.875. The lowest BCUT2D eigenvalue weighted by atomic mass is 9.90. The number of methoxy groups -OCH3 is 2. The molecule has 0 amide bonds. The Kier molecular flexibility index (Phi) is 10.2. The third-order valence-corrected chi connectivity index (χ3v) is 8.18. The number of carbonyl (C=O) groups is 1. The molecular weight excluding hydrogens is 552 g/mol. The number of aliphatic carboxylic acids is 1. The molecule has 1 unspecified atom stereocenters. The fourth-order valence-electron chi connectivity index (χ4n) is 5.74. The fraction of sp³-hybridized carbons (Fsp3) is 0.270. The number of rotatable bonds is 15. The maximum absolute atomic E-state index is 11.3. The highest BCUT2D eigenvalue weighted by molar-refractivity contribution is 5.87. The predicted octanol–water partition coefficient (Wildman–Crippen LogP) is 7.23. The van der Waals surface area contributed by atoms with Crippen LogP contribution >= 0.6 is 0 Å². The van der Waals surface area contributed by atoms with E-state index in [1.165, 1.54) is 11.1 Å².